The number of nitrogens with zero attached hydrogens (tertiary/aromatic N) is 5. The Hall–Kier alpha value is -6.17. The normalized spacial score (nSPS) is 10.9. The summed E-state index contributed by atoms with van der Waals surface area (Å²) in [6, 6.07) is 26.6. The predicted molar refractivity (Wildman–Crippen MR) is 166 cm³/mol. The smallest absolute Gasteiger partial charge is 0.328 e. The zero-order valence-corrected chi connectivity index (χ0v) is 23.5. The molecule has 2 heterocycles. The van der Waals surface area contributed by atoms with Crippen LogP contribution in [-0.4, -0.2) is 50.7 Å². The Labute approximate surface area is 251 Å². The molecule has 2 aromatic heterocycles. The van der Waals surface area contributed by atoms with Gasteiger partial charge in [-0.05, 0) is 41.1 Å². The van der Waals surface area contributed by atoms with Crippen molar-refractivity contribution < 1.29 is 24.2 Å². The molecule has 0 saturated heterocycles. The zero-order valence-electron chi connectivity index (χ0n) is 23.5. The minimum absolute atomic E-state index is 0.00127. The number of nitrogens with one attached hydrogen (secondary N) is 1. The van der Waals surface area contributed by atoms with Crippen molar-refractivity contribution in [3.8, 4) is 17.5 Å². The molecule has 4 N–H and O–H groups in total. The number of ether oxygens (including phenoxy) is 2. The monoisotopic (exact) mass is 589 g/mol. The molecule has 44 heavy (non-hydrogen) atoms. The number of hydrogen-bond donors (Lipinski definition) is 3. The van der Waals surface area contributed by atoms with Crippen LogP contribution in [0.25, 0.3) is 21.7 Å². The van der Waals surface area contributed by atoms with Gasteiger partial charge in [0.1, 0.15) is 11.5 Å². The second kappa shape index (κ2) is 12.0. The van der Waals surface area contributed by atoms with Crippen LogP contribution in [0.1, 0.15) is 6.42 Å². The lowest BCUT2D eigenvalue weighted by Crippen LogP contribution is -2.34. The topological polar surface area (TPSA) is 160 Å². The van der Waals surface area contributed by atoms with Crippen molar-refractivity contribution in [1.29, 1.82) is 0 Å². The molecule has 12 nitrogen and oxygen atoms in total. The number of para-hydroxylation sites is 3. The van der Waals surface area contributed by atoms with E-state index in [9.17, 15) is 14.7 Å². The van der Waals surface area contributed by atoms with E-state index in [1.807, 2.05) is 60.7 Å². The van der Waals surface area contributed by atoms with Gasteiger partial charge < -0.3 is 30.2 Å². The summed E-state index contributed by atoms with van der Waals surface area (Å²) in [5.41, 5.74) is 7.62. The molecular formula is C32H27N7O5. The lowest BCUT2D eigenvalue weighted by Gasteiger charge is -2.25. The lowest BCUT2D eigenvalue weighted by atomic mass is 10.1. The third-order valence-corrected chi connectivity index (χ3v) is 6.92. The van der Waals surface area contributed by atoms with Crippen LogP contribution >= 0.6 is 0 Å². The molecule has 0 spiro atoms. The number of hydrogen-bond acceptors (Lipinski definition) is 8. The molecule has 6 aromatic rings. The van der Waals surface area contributed by atoms with E-state index in [1.54, 1.807) is 41.4 Å². The minimum atomic E-state index is -1.01. The first kappa shape index (κ1) is 28.0. The molecule has 0 aliphatic carbocycles. The molecule has 0 radical (unpaired) electrons. The van der Waals surface area contributed by atoms with Gasteiger partial charge in [0.2, 0.25) is 11.9 Å². The van der Waals surface area contributed by atoms with Crippen LogP contribution in [0.15, 0.2) is 97.2 Å². The average Bonchev–Trinajstić information content (AvgIpc) is 3.45. The Morgan fingerprint density at radius 1 is 0.864 bits per heavy atom. The summed E-state index contributed by atoms with van der Waals surface area (Å²) in [7, 11) is 1.47. The number of rotatable bonds is 10. The molecule has 0 saturated carbocycles. The van der Waals surface area contributed by atoms with E-state index in [0.717, 1.165) is 26.6 Å². The predicted octanol–water partition coefficient (Wildman–Crippen LogP) is 6.14. The number of amides is 2. The molecule has 0 atom stereocenters. The van der Waals surface area contributed by atoms with Gasteiger partial charge in [-0.3, -0.25) is 4.79 Å². The number of nitrogens with two attached hydrogens (primary N) is 1. The van der Waals surface area contributed by atoms with Gasteiger partial charge in [-0.1, -0.05) is 60.7 Å². The molecule has 220 valence electrons. The summed E-state index contributed by atoms with van der Waals surface area (Å²) < 4.78 is 11.6. The molecular weight excluding hydrogens is 562 g/mol. The third kappa shape index (κ3) is 5.63. The highest BCUT2D eigenvalue weighted by Crippen LogP contribution is 2.36. The number of fused-ring (bicyclic) bond motifs is 2. The van der Waals surface area contributed by atoms with Gasteiger partial charge in [-0.15, -0.1) is 0 Å². The molecule has 0 unspecified atom stereocenters. The first-order valence-corrected chi connectivity index (χ1v) is 13.6. The Kier molecular flexibility index (Phi) is 7.61. The van der Waals surface area contributed by atoms with Crippen molar-refractivity contribution >= 4 is 56.9 Å². The number of benzene rings is 4. The fourth-order valence-electron chi connectivity index (χ4n) is 4.89. The van der Waals surface area contributed by atoms with E-state index in [2.05, 4.69) is 19.9 Å². The van der Waals surface area contributed by atoms with Gasteiger partial charge >= 0.3 is 18.0 Å². The molecule has 0 fully saturated rings. The van der Waals surface area contributed by atoms with E-state index in [4.69, 9.17) is 15.2 Å². The quantitative estimate of drug-likeness (QED) is 0.171. The highest BCUT2D eigenvalue weighted by atomic mass is 16.5. The molecule has 0 aliphatic heterocycles. The van der Waals surface area contributed by atoms with Crippen LogP contribution in [0.5, 0.6) is 17.5 Å². The van der Waals surface area contributed by atoms with E-state index in [0.29, 0.717) is 22.9 Å². The number of carbonyl (C=O) groups is 2. The second-order valence-electron chi connectivity index (χ2n) is 9.69. The fraction of sp³-hybridized carbons (Fsp3) is 0.0938. The van der Waals surface area contributed by atoms with Crippen molar-refractivity contribution in [1.82, 2.24) is 19.9 Å². The number of primary amides is 1. The first-order valence-electron chi connectivity index (χ1n) is 13.6. The third-order valence-electron chi connectivity index (χ3n) is 6.92. The second-order valence-corrected chi connectivity index (χ2v) is 9.69. The van der Waals surface area contributed by atoms with Crippen LogP contribution in [0.2, 0.25) is 0 Å². The highest BCUT2D eigenvalue weighted by Gasteiger charge is 2.27. The van der Waals surface area contributed by atoms with E-state index in [1.165, 1.54) is 7.11 Å². The Balaban J connectivity index is 1.53. The van der Waals surface area contributed by atoms with Crippen molar-refractivity contribution in [2.24, 2.45) is 5.73 Å². The van der Waals surface area contributed by atoms with Crippen LogP contribution in [0, 0.1) is 0 Å². The van der Waals surface area contributed by atoms with Gasteiger partial charge in [-0.25, -0.2) is 9.69 Å². The molecule has 4 aromatic carbocycles. The van der Waals surface area contributed by atoms with Crippen LogP contribution in [0.4, 0.5) is 28.1 Å². The summed E-state index contributed by atoms with van der Waals surface area (Å²) in [6.45, 7) is 0.00127. The lowest BCUT2D eigenvalue weighted by molar-refractivity contribution is -0.136. The number of carboxylic acids is 1. The van der Waals surface area contributed by atoms with Crippen molar-refractivity contribution in [3.05, 3.63) is 97.2 Å². The van der Waals surface area contributed by atoms with E-state index < -0.39 is 12.0 Å². The number of aromatic amines is 1. The van der Waals surface area contributed by atoms with Gasteiger partial charge in [0.15, 0.2) is 0 Å². The van der Waals surface area contributed by atoms with Crippen LogP contribution in [0.3, 0.4) is 0 Å². The number of anilines is 4. The maximum Gasteiger partial charge on any atom is 0.328 e. The van der Waals surface area contributed by atoms with Gasteiger partial charge in [-0.2, -0.15) is 15.0 Å². The Morgan fingerprint density at radius 2 is 1.59 bits per heavy atom. The molecule has 12 heteroatoms. The molecule has 0 bridgehead atoms. The summed E-state index contributed by atoms with van der Waals surface area (Å²) >= 11 is 0. The maximum atomic E-state index is 12.9. The summed E-state index contributed by atoms with van der Waals surface area (Å²) in [6.07, 6.45) is 1.51. The Morgan fingerprint density at radius 3 is 2.39 bits per heavy atom. The van der Waals surface area contributed by atoms with Crippen molar-refractivity contribution in [2.75, 3.05) is 23.5 Å². The van der Waals surface area contributed by atoms with E-state index in [-0.39, 0.29) is 30.9 Å². The average molecular weight is 590 g/mol. The highest BCUT2D eigenvalue weighted by molar-refractivity contribution is 5.99. The molecule has 0 aliphatic rings. The summed E-state index contributed by atoms with van der Waals surface area (Å²) in [5.74, 6) is -0.325. The van der Waals surface area contributed by atoms with Crippen molar-refractivity contribution in [3.63, 3.8) is 0 Å². The zero-order chi connectivity index (χ0) is 30.6. The van der Waals surface area contributed by atoms with Gasteiger partial charge in [0.05, 0.1) is 24.9 Å². The SMILES string of the molecule is COc1ccccc1N(C(N)=O)c1nc(Oc2ccc3ccccc3c2)nc(N(CCC(=O)O)c2c[nH]c3ccccc23)n1. The minimum Gasteiger partial charge on any atom is -0.495 e. The summed E-state index contributed by atoms with van der Waals surface area (Å²) in [4.78, 5) is 44.3. The van der Waals surface area contributed by atoms with Crippen molar-refractivity contribution in [2.45, 2.75) is 6.42 Å². The number of urea groups is 1. The number of H-pyrrole nitrogens is 1. The number of aliphatic carboxylic acids is 1. The molecule has 2 amide bonds. The summed E-state index contributed by atoms with van der Waals surface area (Å²) in [5, 5.41) is 12.4. The first-order chi connectivity index (χ1) is 21.4. The van der Waals surface area contributed by atoms with Gasteiger partial charge in [0.25, 0.3) is 0 Å². The van der Waals surface area contributed by atoms with Gasteiger partial charge in [0, 0.05) is 23.6 Å². The standard InChI is InChI=1S/C32H27N7O5/c1-43-27-13-7-6-12-25(27)39(29(33)42)31-35-30(36-32(37-31)44-22-15-14-20-8-2-3-9-21(20)18-22)38(17-16-28(40)41)26-19-34-24-11-5-4-10-23(24)26/h2-15,18-19,34H,16-17H2,1H3,(H2,33,42)(H,40,41). The number of carboxylic acid groups (broad SMARTS) is 1. The number of aromatic nitrogens is 4. The molecule has 6 rings (SSSR count). The number of methoxy groups -OCH3 is 1. The number of carbonyl (C=O) groups excluding carboxylic acids is 1. The van der Waals surface area contributed by atoms with Crippen LogP contribution < -0.4 is 25.0 Å². The van der Waals surface area contributed by atoms with E-state index >= 15 is 0 Å². The Bertz CT molecular complexity index is 1990. The van der Waals surface area contributed by atoms with Crippen LogP contribution in [-0.2, 0) is 4.79 Å². The maximum absolute atomic E-state index is 12.9. The largest absolute Gasteiger partial charge is 0.495 e. The fourth-order valence-corrected chi connectivity index (χ4v) is 4.89.